The molecule has 172 valence electrons. The lowest BCUT2D eigenvalue weighted by atomic mass is 10.2. The summed E-state index contributed by atoms with van der Waals surface area (Å²) in [7, 11) is -2.33. The van der Waals surface area contributed by atoms with Gasteiger partial charge < -0.3 is 10.6 Å². The van der Waals surface area contributed by atoms with Crippen LogP contribution in [0.1, 0.15) is 16.7 Å². The average Bonchev–Trinajstić information content (AvgIpc) is 2.76. The van der Waals surface area contributed by atoms with Crippen LogP contribution in [0.2, 0.25) is 0 Å². The molecule has 0 fully saturated rings. The SMILES string of the molecule is CN(c1ncccc1CNc1nc(Nc2ccc(C#N)cc2)ncc1C(F)(F)F)S(C)(=O)=O. The minimum atomic E-state index is -4.73. The predicted octanol–water partition coefficient (Wildman–Crippen LogP) is 3.51. The van der Waals surface area contributed by atoms with E-state index in [0.717, 1.165) is 10.6 Å². The summed E-state index contributed by atoms with van der Waals surface area (Å²) in [5.74, 6) is -0.522. The number of anilines is 4. The van der Waals surface area contributed by atoms with Crippen LogP contribution < -0.4 is 14.9 Å². The number of nitrogens with zero attached hydrogens (tertiary/aromatic N) is 5. The lowest BCUT2D eigenvalue weighted by Gasteiger charge is -2.20. The van der Waals surface area contributed by atoms with Gasteiger partial charge in [0.25, 0.3) is 0 Å². The van der Waals surface area contributed by atoms with E-state index < -0.39 is 27.6 Å². The lowest BCUT2D eigenvalue weighted by molar-refractivity contribution is -0.137. The largest absolute Gasteiger partial charge is 0.421 e. The fourth-order valence-corrected chi connectivity index (χ4v) is 3.21. The molecule has 2 N–H and O–H groups in total. The van der Waals surface area contributed by atoms with E-state index in [0.29, 0.717) is 23.0 Å². The van der Waals surface area contributed by atoms with Crippen molar-refractivity contribution in [1.29, 1.82) is 5.26 Å². The van der Waals surface area contributed by atoms with Gasteiger partial charge in [0.1, 0.15) is 17.2 Å². The number of nitriles is 1. The molecule has 33 heavy (non-hydrogen) atoms. The second kappa shape index (κ2) is 9.29. The number of hydrogen-bond acceptors (Lipinski definition) is 8. The molecule has 0 bridgehead atoms. The molecule has 13 heteroatoms. The molecule has 0 aliphatic carbocycles. The maximum Gasteiger partial charge on any atom is 0.421 e. The van der Waals surface area contributed by atoms with Crippen LogP contribution in [-0.2, 0) is 22.7 Å². The number of benzene rings is 1. The number of nitrogens with one attached hydrogen (secondary N) is 2. The maximum absolute atomic E-state index is 13.5. The predicted molar refractivity (Wildman–Crippen MR) is 116 cm³/mol. The van der Waals surface area contributed by atoms with Gasteiger partial charge in [0.15, 0.2) is 0 Å². The Kier molecular flexibility index (Phi) is 6.68. The summed E-state index contributed by atoms with van der Waals surface area (Å²) < 4.78 is 65.2. The molecule has 0 aliphatic rings. The zero-order chi connectivity index (χ0) is 24.2. The first-order chi connectivity index (χ1) is 15.5. The zero-order valence-corrected chi connectivity index (χ0v) is 18.2. The Balaban J connectivity index is 1.90. The summed E-state index contributed by atoms with van der Waals surface area (Å²) >= 11 is 0. The number of hydrogen-bond donors (Lipinski definition) is 2. The Morgan fingerprint density at radius 1 is 1.15 bits per heavy atom. The smallest absolute Gasteiger partial charge is 0.365 e. The molecule has 3 rings (SSSR count). The van der Waals surface area contributed by atoms with Gasteiger partial charge in [-0.05, 0) is 30.3 Å². The van der Waals surface area contributed by atoms with Crippen LogP contribution in [0.4, 0.5) is 36.4 Å². The monoisotopic (exact) mass is 477 g/mol. The normalized spacial score (nSPS) is 11.5. The molecule has 3 aromatic rings. The molecule has 0 unspecified atom stereocenters. The Morgan fingerprint density at radius 3 is 2.45 bits per heavy atom. The molecule has 2 heterocycles. The molecule has 2 aromatic heterocycles. The Hall–Kier alpha value is -3.92. The molecule has 0 aliphatic heterocycles. The van der Waals surface area contributed by atoms with Gasteiger partial charge in [0.05, 0.1) is 17.9 Å². The molecule has 0 amide bonds. The Morgan fingerprint density at radius 2 is 1.85 bits per heavy atom. The van der Waals surface area contributed by atoms with Crippen molar-refractivity contribution in [2.45, 2.75) is 12.7 Å². The second-order valence-corrected chi connectivity index (χ2v) is 8.85. The van der Waals surface area contributed by atoms with Crippen LogP contribution in [-0.4, -0.2) is 36.7 Å². The molecule has 0 spiro atoms. The summed E-state index contributed by atoms with van der Waals surface area (Å²) in [6.45, 7) is -0.181. The maximum atomic E-state index is 13.5. The van der Waals surface area contributed by atoms with E-state index in [1.165, 1.54) is 25.4 Å². The number of sulfonamides is 1. The van der Waals surface area contributed by atoms with Gasteiger partial charge in [-0.2, -0.15) is 23.4 Å². The highest BCUT2D eigenvalue weighted by Crippen LogP contribution is 2.34. The third-order valence-corrected chi connectivity index (χ3v) is 5.64. The van der Waals surface area contributed by atoms with Crippen LogP contribution in [0.3, 0.4) is 0 Å². The summed E-state index contributed by atoms with van der Waals surface area (Å²) in [5.41, 5.74) is 0.153. The molecule has 0 saturated heterocycles. The van der Waals surface area contributed by atoms with Crippen molar-refractivity contribution in [2.24, 2.45) is 0 Å². The lowest BCUT2D eigenvalue weighted by Crippen LogP contribution is -2.27. The molecular formula is C20H18F3N7O2S. The highest BCUT2D eigenvalue weighted by atomic mass is 32.2. The van der Waals surface area contributed by atoms with Crippen molar-refractivity contribution >= 4 is 33.3 Å². The molecule has 1 aromatic carbocycles. The Bertz CT molecular complexity index is 1290. The Labute approximate surface area is 188 Å². The fourth-order valence-electron chi connectivity index (χ4n) is 2.73. The molecular weight excluding hydrogens is 459 g/mol. The minimum absolute atomic E-state index is 0.0750. The molecule has 9 nitrogen and oxygen atoms in total. The van der Waals surface area contributed by atoms with Crippen molar-refractivity contribution in [3.05, 3.63) is 65.5 Å². The van der Waals surface area contributed by atoms with Crippen molar-refractivity contribution < 1.29 is 21.6 Å². The number of alkyl halides is 3. The van der Waals surface area contributed by atoms with Crippen molar-refractivity contribution in [1.82, 2.24) is 15.0 Å². The molecule has 0 saturated carbocycles. The van der Waals surface area contributed by atoms with Gasteiger partial charge in [0.2, 0.25) is 16.0 Å². The van der Waals surface area contributed by atoms with Crippen molar-refractivity contribution in [3.8, 4) is 6.07 Å². The summed E-state index contributed by atoms with van der Waals surface area (Å²) in [6.07, 6.45) is -1.71. The van der Waals surface area contributed by atoms with E-state index >= 15 is 0 Å². The van der Waals surface area contributed by atoms with Gasteiger partial charge in [-0.25, -0.2) is 18.4 Å². The van der Waals surface area contributed by atoms with Crippen LogP contribution >= 0.6 is 0 Å². The van der Waals surface area contributed by atoms with E-state index in [-0.39, 0.29) is 18.3 Å². The number of halogens is 3. The standard InChI is InChI=1S/C20H18F3N7O2S/c1-30(33(2,31)32)18-14(4-3-9-25-18)11-26-17-16(20(21,22)23)12-27-19(29-17)28-15-7-5-13(10-24)6-8-15/h3-9,12H,11H2,1-2H3,(H2,26,27,28,29). The first kappa shape index (κ1) is 23.7. The molecule has 0 atom stereocenters. The van der Waals surface area contributed by atoms with Gasteiger partial charge in [-0.1, -0.05) is 6.07 Å². The quantitative estimate of drug-likeness (QED) is 0.530. The van der Waals surface area contributed by atoms with Gasteiger partial charge >= 0.3 is 6.18 Å². The summed E-state index contributed by atoms with van der Waals surface area (Å²) in [6, 6.07) is 11.3. The second-order valence-electron chi connectivity index (χ2n) is 6.84. The van der Waals surface area contributed by atoms with Crippen LogP contribution in [0.5, 0.6) is 0 Å². The first-order valence-electron chi connectivity index (χ1n) is 9.32. The third-order valence-electron chi connectivity index (χ3n) is 4.47. The number of aromatic nitrogens is 3. The van der Waals surface area contributed by atoms with E-state index in [2.05, 4.69) is 25.6 Å². The number of rotatable bonds is 7. The third kappa shape index (κ3) is 5.86. The van der Waals surface area contributed by atoms with E-state index in [1.807, 2.05) is 6.07 Å². The molecule has 0 radical (unpaired) electrons. The average molecular weight is 477 g/mol. The van der Waals surface area contributed by atoms with Gasteiger partial charge in [-0.15, -0.1) is 0 Å². The topological polar surface area (TPSA) is 124 Å². The first-order valence-corrected chi connectivity index (χ1v) is 11.2. The van der Waals surface area contributed by atoms with Gasteiger partial charge in [0, 0.05) is 37.2 Å². The highest BCUT2D eigenvalue weighted by molar-refractivity contribution is 7.92. The van der Waals surface area contributed by atoms with Gasteiger partial charge in [-0.3, -0.25) is 4.31 Å². The number of pyridine rings is 1. The summed E-state index contributed by atoms with van der Waals surface area (Å²) in [5, 5.41) is 14.3. The van der Waals surface area contributed by atoms with Crippen LogP contribution in [0.15, 0.2) is 48.8 Å². The van der Waals surface area contributed by atoms with Crippen molar-refractivity contribution in [3.63, 3.8) is 0 Å². The minimum Gasteiger partial charge on any atom is -0.365 e. The fraction of sp³-hybridized carbons (Fsp3) is 0.200. The summed E-state index contributed by atoms with van der Waals surface area (Å²) in [4.78, 5) is 11.7. The van der Waals surface area contributed by atoms with E-state index in [1.54, 1.807) is 24.3 Å². The van der Waals surface area contributed by atoms with Crippen molar-refractivity contribution in [2.75, 3.05) is 28.2 Å². The van der Waals surface area contributed by atoms with E-state index in [9.17, 15) is 21.6 Å². The van der Waals surface area contributed by atoms with Crippen LogP contribution in [0, 0.1) is 11.3 Å². The van der Waals surface area contributed by atoms with Crippen LogP contribution in [0.25, 0.3) is 0 Å². The van der Waals surface area contributed by atoms with E-state index in [4.69, 9.17) is 5.26 Å². The zero-order valence-electron chi connectivity index (χ0n) is 17.4. The highest BCUT2D eigenvalue weighted by Gasteiger charge is 2.35.